The molecule has 0 amide bonds. The second kappa shape index (κ2) is 8.12. The zero-order valence-electron chi connectivity index (χ0n) is 12.2. The van der Waals surface area contributed by atoms with Crippen molar-refractivity contribution in [3.8, 4) is 0 Å². The maximum absolute atomic E-state index is 10.4. The molecular formula is C16H23NO4. The Morgan fingerprint density at radius 3 is 2.38 bits per heavy atom. The third kappa shape index (κ3) is 5.46. The number of carboxylic acid groups (broad SMARTS) is 1. The van der Waals surface area contributed by atoms with E-state index in [1.165, 1.54) is 5.56 Å². The van der Waals surface area contributed by atoms with Gasteiger partial charge < -0.3 is 14.9 Å². The number of aliphatic carboxylic acids is 1. The van der Waals surface area contributed by atoms with Crippen LogP contribution < -0.4 is 0 Å². The van der Waals surface area contributed by atoms with Gasteiger partial charge >= 0.3 is 5.97 Å². The molecule has 2 N–H and O–H groups in total. The lowest BCUT2D eigenvalue weighted by molar-refractivity contribution is -0.138. The van der Waals surface area contributed by atoms with Gasteiger partial charge in [-0.2, -0.15) is 0 Å². The Morgan fingerprint density at radius 1 is 1.19 bits per heavy atom. The van der Waals surface area contributed by atoms with Gasteiger partial charge in [-0.3, -0.25) is 9.69 Å². The molecule has 1 aromatic rings. The first-order valence-electron chi connectivity index (χ1n) is 7.42. The Hall–Kier alpha value is -1.43. The van der Waals surface area contributed by atoms with E-state index < -0.39 is 5.97 Å². The molecule has 0 unspecified atom stereocenters. The van der Waals surface area contributed by atoms with Crippen LogP contribution in [-0.2, 0) is 22.7 Å². The fourth-order valence-electron chi connectivity index (χ4n) is 2.56. The molecule has 5 nitrogen and oxygen atoms in total. The number of aliphatic hydroxyl groups is 1. The highest BCUT2D eigenvalue weighted by Gasteiger charge is 2.19. The first kappa shape index (κ1) is 15.9. The standard InChI is InChI=1S/C16H23NO4/c18-12-14-3-1-13(2-4-14)11-17-8-5-15(6-9-17)21-10-7-16(19)20/h1-4,15,18H,5-12H2,(H,19,20). The van der Waals surface area contributed by atoms with Crippen molar-refractivity contribution in [3.05, 3.63) is 35.4 Å². The number of ether oxygens (including phenoxy) is 1. The number of rotatable bonds is 7. The Kier molecular flexibility index (Phi) is 6.17. The highest BCUT2D eigenvalue weighted by Crippen LogP contribution is 2.17. The third-order valence-corrected chi connectivity index (χ3v) is 3.82. The summed E-state index contributed by atoms with van der Waals surface area (Å²) in [5, 5.41) is 17.6. The van der Waals surface area contributed by atoms with Gasteiger partial charge in [0.2, 0.25) is 0 Å². The smallest absolute Gasteiger partial charge is 0.305 e. The maximum atomic E-state index is 10.4. The van der Waals surface area contributed by atoms with E-state index in [4.69, 9.17) is 14.9 Å². The van der Waals surface area contributed by atoms with Crippen LogP contribution in [0.3, 0.4) is 0 Å². The van der Waals surface area contributed by atoms with Gasteiger partial charge in [-0.05, 0) is 24.0 Å². The average Bonchev–Trinajstić information content (AvgIpc) is 2.49. The van der Waals surface area contributed by atoms with E-state index >= 15 is 0 Å². The largest absolute Gasteiger partial charge is 0.481 e. The summed E-state index contributed by atoms with van der Waals surface area (Å²) in [5.74, 6) is -0.807. The lowest BCUT2D eigenvalue weighted by Crippen LogP contribution is -2.36. The van der Waals surface area contributed by atoms with Crippen molar-refractivity contribution in [1.29, 1.82) is 0 Å². The van der Waals surface area contributed by atoms with Crippen LogP contribution in [0.4, 0.5) is 0 Å². The van der Waals surface area contributed by atoms with Crippen molar-refractivity contribution in [2.75, 3.05) is 19.7 Å². The molecule has 5 heteroatoms. The quantitative estimate of drug-likeness (QED) is 0.799. The van der Waals surface area contributed by atoms with Crippen LogP contribution in [0.2, 0.25) is 0 Å². The molecule has 0 bridgehead atoms. The van der Waals surface area contributed by atoms with Crippen LogP contribution in [0.25, 0.3) is 0 Å². The van der Waals surface area contributed by atoms with E-state index in [0.29, 0.717) is 6.61 Å². The van der Waals surface area contributed by atoms with Crippen LogP contribution in [-0.4, -0.2) is 46.9 Å². The topological polar surface area (TPSA) is 70.0 Å². The molecule has 1 fully saturated rings. The molecule has 116 valence electrons. The van der Waals surface area contributed by atoms with Crippen molar-refractivity contribution in [2.45, 2.75) is 38.5 Å². The summed E-state index contributed by atoms with van der Waals surface area (Å²) in [6.45, 7) is 3.24. The van der Waals surface area contributed by atoms with Crippen molar-refractivity contribution in [1.82, 2.24) is 4.90 Å². The molecule has 21 heavy (non-hydrogen) atoms. The van der Waals surface area contributed by atoms with Crippen LogP contribution in [0.5, 0.6) is 0 Å². The van der Waals surface area contributed by atoms with Gasteiger partial charge in [0.15, 0.2) is 0 Å². The number of benzene rings is 1. The third-order valence-electron chi connectivity index (χ3n) is 3.82. The SMILES string of the molecule is O=C(O)CCOC1CCN(Cc2ccc(CO)cc2)CC1. The van der Waals surface area contributed by atoms with E-state index in [0.717, 1.165) is 38.0 Å². The minimum absolute atomic E-state index is 0.0808. The van der Waals surface area contributed by atoms with Gasteiger partial charge in [-0.25, -0.2) is 0 Å². The number of piperidine rings is 1. The first-order valence-corrected chi connectivity index (χ1v) is 7.42. The summed E-state index contributed by atoms with van der Waals surface area (Å²) < 4.78 is 5.59. The van der Waals surface area contributed by atoms with Gasteiger partial charge in [0.05, 0.1) is 25.7 Å². The zero-order valence-corrected chi connectivity index (χ0v) is 12.2. The monoisotopic (exact) mass is 293 g/mol. The minimum Gasteiger partial charge on any atom is -0.481 e. The summed E-state index contributed by atoms with van der Waals surface area (Å²) in [6, 6.07) is 8.02. The van der Waals surface area contributed by atoms with Crippen molar-refractivity contribution >= 4 is 5.97 Å². The minimum atomic E-state index is -0.807. The van der Waals surface area contributed by atoms with Gasteiger partial charge in [-0.1, -0.05) is 24.3 Å². The summed E-state index contributed by atoms with van der Waals surface area (Å²) in [4.78, 5) is 12.8. The lowest BCUT2D eigenvalue weighted by Gasteiger charge is -2.31. The van der Waals surface area contributed by atoms with E-state index in [1.54, 1.807) is 0 Å². The number of aliphatic hydroxyl groups excluding tert-OH is 1. The Balaban J connectivity index is 1.69. The first-order chi connectivity index (χ1) is 10.2. The van der Waals surface area contributed by atoms with Gasteiger partial charge in [0.25, 0.3) is 0 Å². The number of carboxylic acids is 1. The number of carbonyl (C=O) groups is 1. The Morgan fingerprint density at radius 2 is 1.81 bits per heavy atom. The summed E-state index contributed by atoms with van der Waals surface area (Å²) in [7, 11) is 0. The molecule has 2 rings (SSSR count). The molecule has 0 radical (unpaired) electrons. The van der Waals surface area contributed by atoms with Gasteiger partial charge in [-0.15, -0.1) is 0 Å². The molecule has 0 atom stereocenters. The number of likely N-dealkylation sites (tertiary alicyclic amines) is 1. The van der Waals surface area contributed by atoms with Crippen LogP contribution in [0.15, 0.2) is 24.3 Å². The van der Waals surface area contributed by atoms with Gasteiger partial charge in [0.1, 0.15) is 0 Å². The molecule has 1 aliphatic rings. The summed E-state index contributed by atoms with van der Waals surface area (Å²) >= 11 is 0. The number of nitrogens with zero attached hydrogens (tertiary/aromatic N) is 1. The summed E-state index contributed by atoms with van der Waals surface area (Å²) in [5.41, 5.74) is 2.18. The molecule has 0 aromatic heterocycles. The van der Waals surface area contributed by atoms with Crippen molar-refractivity contribution < 1.29 is 19.7 Å². The van der Waals surface area contributed by atoms with Crippen LogP contribution in [0, 0.1) is 0 Å². The Bertz CT molecular complexity index is 438. The molecule has 0 aliphatic carbocycles. The molecule has 1 aromatic carbocycles. The van der Waals surface area contributed by atoms with E-state index in [-0.39, 0.29) is 19.1 Å². The van der Waals surface area contributed by atoms with E-state index in [2.05, 4.69) is 17.0 Å². The van der Waals surface area contributed by atoms with Crippen LogP contribution >= 0.6 is 0 Å². The second-order valence-electron chi connectivity index (χ2n) is 5.46. The Labute approximate surface area is 125 Å². The van der Waals surface area contributed by atoms with E-state index in [9.17, 15) is 4.79 Å². The fraction of sp³-hybridized carbons (Fsp3) is 0.562. The predicted molar refractivity (Wildman–Crippen MR) is 78.9 cm³/mol. The molecule has 0 spiro atoms. The predicted octanol–water partition coefficient (Wildman–Crippen LogP) is 1.63. The average molecular weight is 293 g/mol. The molecule has 1 aliphatic heterocycles. The number of hydrogen-bond acceptors (Lipinski definition) is 4. The molecule has 1 heterocycles. The zero-order chi connectivity index (χ0) is 15.1. The second-order valence-corrected chi connectivity index (χ2v) is 5.46. The highest BCUT2D eigenvalue weighted by molar-refractivity contribution is 5.66. The van der Waals surface area contributed by atoms with Crippen LogP contribution in [0.1, 0.15) is 30.4 Å². The molecule has 0 saturated carbocycles. The lowest BCUT2D eigenvalue weighted by atomic mass is 10.1. The number of hydrogen-bond donors (Lipinski definition) is 2. The molecular weight excluding hydrogens is 270 g/mol. The maximum Gasteiger partial charge on any atom is 0.305 e. The van der Waals surface area contributed by atoms with Crippen molar-refractivity contribution in [3.63, 3.8) is 0 Å². The summed E-state index contributed by atoms with van der Waals surface area (Å²) in [6.07, 6.45) is 2.18. The van der Waals surface area contributed by atoms with Gasteiger partial charge in [0, 0.05) is 19.6 Å². The van der Waals surface area contributed by atoms with E-state index in [1.807, 2.05) is 12.1 Å². The normalized spacial score (nSPS) is 17.0. The highest BCUT2D eigenvalue weighted by atomic mass is 16.5. The molecule has 1 saturated heterocycles. The van der Waals surface area contributed by atoms with Crippen molar-refractivity contribution in [2.24, 2.45) is 0 Å². The fourth-order valence-corrected chi connectivity index (χ4v) is 2.56.